The Morgan fingerprint density at radius 3 is 2.60 bits per heavy atom. The first-order valence-corrected chi connectivity index (χ1v) is 9.82. The van der Waals surface area contributed by atoms with Gasteiger partial charge in [0, 0.05) is 50.2 Å². The monoisotopic (exact) mass is 345 g/mol. The molecule has 2 saturated heterocycles. The van der Waals surface area contributed by atoms with Crippen LogP contribution in [-0.2, 0) is 11.3 Å². The molecule has 0 bridgehead atoms. The number of aryl methyl sites for hydroxylation is 1. The Kier molecular flexibility index (Phi) is 4.63. The van der Waals surface area contributed by atoms with E-state index in [4.69, 9.17) is 4.74 Å². The van der Waals surface area contributed by atoms with Crippen molar-refractivity contribution in [1.29, 1.82) is 0 Å². The van der Waals surface area contributed by atoms with E-state index in [-0.39, 0.29) is 5.91 Å². The van der Waals surface area contributed by atoms with E-state index in [2.05, 4.69) is 41.2 Å². The summed E-state index contributed by atoms with van der Waals surface area (Å²) < 4.78 is 7.83. The van der Waals surface area contributed by atoms with Crippen LogP contribution in [0.2, 0.25) is 0 Å². The maximum Gasteiger partial charge on any atom is 0.255 e. The lowest BCUT2D eigenvalue weighted by Gasteiger charge is -2.33. The van der Waals surface area contributed by atoms with Crippen molar-refractivity contribution in [2.24, 2.45) is 11.8 Å². The summed E-state index contributed by atoms with van der Waals surface area (Å²) >= 11 is 0. The minimum Gasteiger partial charge on any atom is -0.379 e. The zero-order valence-electron chi connectivity index (χ0n) is 15.8. The molecule has 5 nitrogen and oxygen atoms in total. The van der Waals surface area contributed by atoms with Gasteiger partial charge in [-0.1, -0.05) is 6.92 Å². The molecule has 2 atom stereocenters. The van der Waals surface area contributed by atoms with E-state index in [1.807, 2.05) is 0 Å². The van der Waals surface area contributed by atoms with Crippen molar-refractivity contribution in [2.75, 3.05) is 39.4 Å². The van der Waals surface area contributed by atoms with Gasteiger partial charge in [0.15, 0.2) is 0 Å². The minimum atomic E-state index is 0.220. The van der Waals surface area contributed by atoms with Crippen LogP contribution in [0.5, 0.6) is 0 Å². The maximum absolute atomic E-state index is 13.2. The van der Waals surface area contributed by atoms with Gasteiger partial charge >= 0.3 is 0 Å². The van der Waals surface area contributed by atoms with Crippen molar-refractivity contribution in [1.82, 2.24) is 14.4 Å². The molecule has 1 aromatic rings. The third-order valence-electron chi connectivity index (χ3n) is 6.32. The van der Waals surface area contributed by atoms with Gasteiger partial charge in [-0.15, -0.1) is 0 Å². The number of hydrogen-bond acceptors (Lipinski definition) is 3. The van der Waals surface area contributed by atoms with Crippen molar-refractivity contribution in [3.8, 4) is 0 Å². The van der Waals surface area contributed by atoms with Gasteiger partial charge in [-0.25, -0.2) is 0 Å². The Morgan fingerprint density at radius 2 is 1.92 bits per heavy atom. The Balaban J connectivity index is 1.47. The average Bonchev–Trinajstić information content (AvgIpc) is 3.29. The number of aromatic nitrogens is 1. The van der Waals surface area contributed by atoms with Crippen LogP contribution in [-0.4, -0.2) is 65.7 Å². The van der Waals surface area contributed by atoms with Crippen molar-refractivity contribution >= 4 is 5.91 Å². The molecule has 0 radical (unpaired) electrons. The van der Waals surface area contributed by atoms with Crippen LogP contribution >= 0.6 is 0 Å². The number of nitrogens with zero attached hydrogens (tertiary/aromatic N) is 3. The zero-order valence-corrected chi connectivity index (χ0v) is 15.8. The average molecular weight is 345 g/mol. The van der Waals surface area contributed by atoms with Gasteiger partial charge in [-0.3, -0.25) is 9.69 Å². The number of amides is 1. The largest absolute Gasteiger partial charge is 0.379 e. The lowest BCUT2D eigenvalue weighted by atomic mass is 10.0. The van der Waals surface area contributed by atoms with E-state index in [1.165, 1.54) is 18.5 Å². The fraction of sp³-hybridized carbons (Fsp3) is 0.750. The molecule has 3 fully saturated rings. The molecular weight excluding hydrogens is 314 g/mol. The van der Waals surface area contributed by atoms with Crippen LogP contribution in [0.3, 0.4) is 0 Å². The molecule has 3 heterocycles. The first-order valence-electron chi connectivity index (χ1n) is 9.82. The van der Waals surface area contributed by atoms with Gasteiger partial charge < -0.3 is 14.2 Å². The highest BCUT2D eigenvalue weighted by Crippen LogP contribution is 2.33. The fourth-order valence-corrected chi connectivity index (χ4v) is 4.53. The lowest BCUT2D eigenvalue weighted by molar-refractivity contribution is 0.0119. The number of hydrogen-bond donors (Lipinski definition) is 0. The predicted molar refractivity (Wildman–Crippen MR) is 97.9 cm³/mol. The second-order valence-corrected chi connectivity index (χ2v) is 8.24. The Hall–Kier alpha value is -1.33. The topological polar surface area (TPSA) is 37.7 Å². The van der Waals surface area contributed by atoms with Crippen LogP contribution in [0.25, 0.3) is 0 Å². The third-order valence-corrected chi connectivity index (χ3v) is 6.32. The van der Waals surface area contributed by atoms with Crippen molar-refractivity contribution < 1.29 is 9.53 Å². The van der Waals surface area contributed by atoms with Crippen molar-refractivity contribution in [2.45, 2.75) is 46.2 Å². The molecule has 0 N–H and O–H groups in total. The second-order valence-electron chi connectivity index (χ2n) is 8.24. The molecule has 2 unspecified atom stereocenters. The molecule has 1 aromatic heterocycles. The Bertz CT molecular complexity index is 644. The second kappa shape index (κ2) is 6.76. The van der Waals surface area contributed by atoms with E-state index in [9.17, 15) is 4.79 Å². The van der Waals surface area contributed by atoms with E-state index >= 15 is 0 Å². The number of carbonyl (C=O) groups excluding carboxylic acids is 1. The SMILES string of the molecule is Cc1cc(C(=O)N2CC(C)C(N3CCOCC3)C2)c(C)n1CC1CC1. The molecule has 4 rings (SSSR count). The highest BCUT2D eigenvalue weighted by molar-refractivity contribution is 5.96. The molecule has 1 amide bonds. The molecule has 25 heavy (non-hydrogen) atoms. The number of morpholine rings is 1. The van der Waals surface area contributed by atoms with E-state index < -0.39 is 0 Å². The van der Waals surface area contributed by atoms with E-state index in [0.717, 1.165) is 63.1 Å². The Morgan fingerprint density at radius 1 is 1.20 bits per heavy atom. The first kappa shape index (κ1) is 17.1. The summed E-state index contributed by atoms with van der Waals surface area (Å²) in [6.07, 6.45) is 2.68. The van der Waals surface area contributed by atoms with Crippen molar-refractivity contribution in [3.05, 3.63) is 23.0 Å². The van der Waals surface area contributed by atoms with Gasteiger partial charge in [-0.05, 0) is 44.6 Å². The quantitative estimate of drug-likeness (QED) is 0.840. The highest BCUT2D eigenvalue weighted by Gasteiger charge is 2.37. The smallest absolute Gasteiger partial charge is 0.255 e. The van der Waals surface area contributed by atoms with Crippen LogP contribution in [0.4, 0.5) is 0 Å². The molecule has 1 aliphatic carbocycles. The summed E-state index contributed by atoms with van der Waals surface area (Å²) in [6.45, 7) is 13.0. The molecule has 0 aromatic carbocycles. The molecule has 1 saturated carbocycles. The molecule has 138 valence electrons. The number of ether oxygens (including phenoxy) is 1. The molecule has 0 spiro atoms. The van der Waals surface area contributed by atoms with Crippen molar-refractivity contribution in [3.63, 3.8) is 0 Å². The summed E-state index contributed by atoms with van der Waals surface area (Å²) in [4.78, 5) is 17.8. The standard InChI is InChI=1S/C20H31N3O2/c1-14-11-22(13-19(14)21-6-8-25-9-7-21)20(24)18-10-15(2)23(16(18)3)12-17-4-5-17/h10,14,17,19H,4-9,11-13H2,1-3H3. The Labute approximate surface area is 150 Å². The van der Waals surface area contributed by atoms with Crippen LogP contribution in [0.1, 0.15) is 41.5 Å². The van der Waals surface area contributed by atoms with Gasteiger partial charge in [0.1, 0.15) is 0 Å². The summed E-state index contributed by atoms with van der Waals surface area (Å²) in [5.74, 6) is 1.57. The summed E-state index contributed by atoms with van der Waals surface area (Å²) in [5.41, 5.74) is 3.29. The van der Waals surface area contributed by atoms with Gasteiger partial charge in [0.05, 0.1) is 18.8 Å². The van der Waals surface area contributed by atoms with Crippen LogP contribution in [0, 0.1) is 25.7 Å². The van der Waals surface area contributed by atoms with Crippen LogP contribution < -0.4 is 0 Å². The summed E-state index contributed by atoms with van der Waals surface area (Å²) in [5, 5.41) is 0. The molecular formula is C20H31N3O2. The first-order chi connectivity index (χ1) is 12.0. The zero-order chi connectivity index (χ0) is 17.6. The summed E-state index contributed by atoms with van der Waals surface area (Å²) in [7, 11) is 0. The molecule has 2 aliphatic heterocycles. The normalized spacial score (nSPS) is 27.9. The highest BCUT2D eigenvalue weighted by atomic mass is 16.5. The number of likely N-dealkylation sites (tertiary alicyclic amines) is 1. The van der Waals surface area contributed by atoms with Gasteiger partial charge in [0.25, 0.3) is 5.91 Å². The molecule has 5 heteroatoms. The third kappa shape index (κ3) is 3.36. The lowest BCUT2D eigenvalue weighted by Crippen LogP contribution is -2.47. The van der Waals surface area contributed by atoms with Crippen LogP contribution in [0.15, 0.2) is 6.07 Å². The number of rotatable bonds is 4. The minimum absolute atomic E-state index is 0.220. The molecule has 3 aliphatic rings. The van der Waals surface area contributed by atoms with Gasteiger partial charge in [0.2, 0.25) is 0 Å². The maximum atomic E-state index is 13.2. The van der Waals surface area contributed by atoms with E-state index in [0.29, 0.717) is 12.0 Å². The van der Waals surface area contributed by atoms with Gasteiger partial charge in [-0.2, -0.15) is 0 Å². The summed E-state index contributed by atoms with van der Waals surface area (Å²) in [6, 6.07) is 2.58. The fourth-order valence-electron chi connectivity index (χ4n) is 4.53. The number of carbonyl (C=O) groups is 1. The van der Waals surface area contributed by atoms with E-state index in [1.54, 1.807) is 0 Å². The predicted octanol–water partition coefficient (Wildman–Crippen LogP) is 2.31.